The largest absolute Gasteiger partial charge is 0.459 e. The third-order valence-electron chi connectivity index (χ3n) is 6.37. The van der Waals surface area contributed by atoms with Crippen molar-refractivity contribution in [2.24, 2.45) is 0 Å². The minimum Gasteiger partial charge on any atom is -0.459 e. The number of carbonyl (C=O) groups excluding carboxylic acids is 3. The first-order valence-electron chi connectivity index (χ1n) is 11.0. The number of benzene rings is 1. The highest BCUT2D eigenvalue weighted by molar-refractivity contribution is 5.92. The van der Waals surface area contributed by atoms with Crippen LogP contribution in [0.5, 0.6) is 5.75 Å². The van der Waals surface area contributed by atoms with Crippen LogP contribution in [-0.2, 0) is 14.3 Å². The topological polar surface area (TPSA) is 94.6 Å². The number of esters is 2. The second-order valence-electron chi connectivity index (χ2n) is 8.76. The van der Waals surface area contributed by atoms with Gasteiger partial charge in [-0.2, -0.15) is 0 Å². The van der Waals surface area contributed by atoms with Crippen LogP contribution >= 0.6 is 0 Å². The molecule has 168 valence electrons. The Morgan fingerprint density at radius 2 is 1.94 bits per heavy atom. The van der Waals surface area contributed by atoms with Crippen molar-refractivity contribution in [3.8, 4) is 5.75 Å². The van der Waals surface area contributed by atoms with Crippen LogP contribution in [0.4, 0.5) is 0 Å². The van der Waals surface area contributed by atoms with E-state index in [0.29, 0.717) is 17.9 Å². The van der Waals surface area contributed by atoms with E-state index in [9.17, 15) is 14.4 Å². The summed E-state index contributed by atoms with van der Waals surface area (Å²) in [6.07, 6.45) is 5.54. The second kappa shape index (κ2) is 8.73. The van der Waals surface area contributed by atoms with E-state index in [1.165, 1.54) is 13.8 Å². The average molecular weight is 437 g/mol. The molecule has 2 aliphatic rings. The van der Waals surface area contributed by atoms with Gasteiger partial charge in [-0.25, -0.2) is 0 Å². The Morgan fingerprint density at radius 3 is 2.62 bits per heavy atom. The first-order chi connectivity index (χ1) is 15.3. The number of nitrogens with one attached hydrogen (secondary N) is 1. The maximum atomic E-state index is 13.0. The quantitative estimate of drug-likeness (QED) is 0.572. The number of pyridine rings is 1. The fraction of sp³-hybridized carbons (Fsp3) is 0.440. The maximum Gasteiger partial charge on any atom is 0.308 e. The summed E-state index contributed by atoms with van der Waals surface area (Å²) in [6.45, 7) is 4.74. The van der Waals surface area contributed by atoms with Crippen LogP contribution in [0.2, 0.25) is 0 Å². The van der Waals surface area contributed by atoms with E-state index >= 15 is 0 Å². The minimum absolute atomic E-state index is 0.0210. The van der Waals surface area contributed by atoms with Gasteiger partial charge in [0.1, 0.15) is 17.0 Å². The number of aryl methyl sites for hydroxylation is 1. The van der Waals surface area contributed by atoms with E-state index in [-0.39, 0.29) is 17.8 Å². The molecule has 0 bridgehead atoms. The Labute approximate surface area is 187 Å². The lowest BCUT2D eigenvalue weighted by Gasteiger charge is -2.50. The highest BCUT2D eigenvalue weighted by Crippen LogP contribution is 2.55. The zero-order chi connectivity index (χ0) is 22.9. The summed E-state index contributed by atoms with van der Waals surface area (Å²) >= 11 is 0. The van der Waals surface area contributed by atoms with Crippen LogP contribution in [0.3, 0.4) is 0 Å². The molecule has 0 radical (unpaired) electrons. The fourth-order valence-corrected chi connectivity index (χ4v) is 5.34. The number of ether oxygens (including phenoxy) is 2. The normalized spacial score (nSPS) is 24.0. The molecule has 3 atom stereocenters. The van der Waals surface area contributed by atoms with Gasteiger partial charge in [0.25, 0.3) is 5.91 Å². The molecule has 7 heteroatoms. The highest BCUT2D eigenvalue weighted by atomic mass is 16.6. The molecular weight excluding hydrogens is 408 g/mol. The van der Waals surface area contributed by atoms with Crippen molar-refractivity contribution in [3.05, 3.63) is 58.9 Å². The predicted octanol–water partition coefficient (Wildman–Crippen LogP) is 4.15. The predicted molar refractivity (Wildman–Crippen MR) is 117 cm³/mol. The van der Waals surface area contributed by atoms with Crippen molar-refractivity contribution in [3.63, 3.8) is 0 Å². The SMILES string of the molecule is CC(=O)Oc1cc(C)cc2c1[C@H](NC(=O)c1ccccn1)C[C@@]1(OC(C)=O)CCCC[C@@H]21. The lowest BCUT2D eigenvalue weighted by Crippen LogP contribution is -2.50. The van der Waals surface area contributed by atoms with E-state index in [4.69, 9.17) is 9.47 Å². The Kier molecular flexibility index (Phi) is 6.00. The molecule has 1 amide bonds. The van der Waals surface area contributed by atoms with Crippen LogP contribution in [0.25, 0.3) is 0 Å². The molecule has 0 unspecified atom stereocenters. The monoisotopic (exact) mass is 436 g/mol. The number of rotatable bonds is 4. The number of fused-ring (bicyclic) bond motifs is 3. The average Bonchev–Trinajstić information content (AvgIpc) is 2.72. The molecule has 0 spiro atoms. The summed E-state index contributed by atoms with van der Waals surface area (Å²) in [5, 5.41) is 3.07. The Hall–Kier alpha value is -3.22. The van der Waals surface area contributed by atoms with Gasteiger partial charge < -0.3 is 14.8 Å². The van der Waals surface area contributed by atoms with E-state index in [1.54, 1.807) is 24.4 Å². The summed E-state index contributed by atoms with van der Waals surface area (Å²) in [4.78, 5) is 41.1. The van der Waals surface area contributed by atoms with E-state index in [0.717, 1.165) is 42.4 Å². The van der Waals surface area contributed by atoms with Crippen LogP contribution in [0.1, 0.15) is 85.1 Å². The number of amides is 1. The number of nitrogens with zero attached hydrogens (tertiary/aromatic N) is 1. The Bertz CT molecular complexity index is 1050. The van der Waals surface area contributed by atoms with Gasteiger partial charge in [-0.15, -0.1) is 0 Å². The first kappa shape index (κ1) is 22.0. The third-order valence-corrected chi connectivity index (χ3v) is 6.37. The molecule has 2 aromatic rings. The van der Waals surface area contributed by atoms with E-state index < -0.39 is 17.6 Å². The summed E-state index contributed by atoms with van der Waals surface area (Å²) < 4.78 is 11.6. The summed E-state index contributed by atoms with van der Waals surface area (Å²) in [6, 6.07) is 8.53. The standard InChI is InChI=1S/C25H28N2O5/c1-15-12-18-19-8-4-6-10-25(19,32-17(3)29)14-21(23(18)22(13-15)31-16(2)28)27-24(30)20-9-5-7-11-26-20/h5,7,9,11-13,19,21H,4,6,8,10,14H2,1-3H3,(H,27,30)/t19-,21+,25-/m0/s1. The van der Waals surface area contributed by atoms with Crippen molar-refractivity contribution in [2.45, 2.75) is 70.4 Å². The maximum absolute atomic E-state index is 13.0. The zero-order valence-corrected chi connectivity index (χ0v) is 18.6. The first-order valence-corrected chi connectivity index (χ1v) is 11.0. The van der Waals surface area contributed by atoms with Crippen molar-refractivity contribution < 1.29 is 23.9 Å². The second-order valence-corrected chi connectivity index (χ2v) is 8.76. The van der Waals surface area contributed by atoms with Gasteiger partial charge in [-0.05, 0) is 55.5 Å². The number of aromatic nitrogens is 1. The van der Waals surface area contributed by atoms with E-state index in [2.05, 4.69) is 16.4 Å². The van der Waals surface area contributed by atoms with Gasteiger partial charge in [0.05, 0.1) is 6.04 Å². The molecule has 32 heavy (non-hydrogen) atoms. The smallest absolute Gasteiger partial charge is 0.308 e. The number of carbonyl (C=O) groups is 3. The van der Waals surface area contributed by atoms with E-state index in [1.807, 2.05) is 13.0 Å². The van der Waals surface area contributed by atoms with Gasteiger partial charge in [-0.1, -0.05) is 18.6 Å². The van der Waals surface area contributed by atoms with Gasteiger partial charge in [0.2, 0.25) is 0 Å². The molecule has 1 saturated carbocycles. The van der Waals surface area contributed by atoms with Gasteiger partial charge in [-0.3, -0.25) is 19.4 Å². The van der Waals surface area contributed by atoms with Crippen molar-refractivity contribution in [1.29, 1.82) is 0 Å². The number of hydrogen-bond acceptors (Lipinski definition) is 6. The van der Waals surface area contributed by atoms with Crippen LogP contribution < -0.4 is 10.1 Å². The molecule has 1 aromatic heterocycles. The van der Waals surface area contributed by atoms with Crippen molar-refractivity contribution in [2.75, 3.05) is 0 Å². The molecule has 0 saturated heterocycles. The lowest BCUT2D eigenvalue weighted by atomic mass is 9.63. The minimum atomic E-state index is -0.708. The third kappa shape index (κ3) is 4.24. The highest BCUT2D eigenvalue weighted by Gasteiger charge is 2.51. The summed E-state index contributed by atoms with van der Waals surface area (Å²) in [5.74, 6) is -0.660. The van der Waals surface area contributed by atoms with Gasteiger partial charge >= 0.3 is 11.9 Å². The summed E-state index contributed by atoms with van der Waals surface area (Å²) in [7, 11) is 0. The molecule has 2 aliphatic carbocycles. The van der Waals surface area contributed by atoms with Crippen LogP contribution in [0.15, 0.2) is 36.5 Å². The molecular formula is C25H28N2O5. The van der Waals surface area contributed by atoms with Crippen molar-refractivity contribution >= 4 is 17.8 Å². The lowest BCUT2D eigenvalue weighted by molar-refractivity contribution is -0.166. The molecule has 1 N–H and O–H groups in total. The van der Waals surface area contributed by atoms with Gasteiger partial charge in [0.15, 0.2) is 0 Å². The Morgan fingerprint density at radius 1 is 1.12 bits per heavy atom. The fourth-order valence-electron chi connectivity index (χ4n) is 5.34. The molecule has 1 aromatic carbocycles. The molecule has 4 rings (SSSR count). The number of hydrogen-bond donors (Lipinski definition) is 1. The molecule has 1 heterocycles. The van der Waals surface area contributed by atoms with Crippen molar-refractivity contribution in [1.82, 2.24) is 10.3 Å². The zero-order valence-electron chi connectivity index (χ0n) is 18.6. The molecule has 7 nitrogen and oxygen atoms in total. The van der Waals surface area contributed by atoms with Crippen LogP contribution in [-0.4, -0.2) is 28.4 Å². The Balaban J connectivity index is 1.84. The molecule has 1 fully saturated rings. The molecule has 0 aliphatic heterocycles. The van der Waals surface area contributed by atoms with Gasteiger partial charge in [0, 0.05) is 37.9 Å². The van der Waals surface area contributed by atoms with Crippen LogP contribution in [0, 0.1) is 6.92 Å². The summed E-state index contributed by atoms with van der Waals surface area (Å²) in [5.41, 5.74) is 2.28.